The van der Waals surface area contributed by atoms with Crippen LogP contribution in [0.1, 0.15) is 27.3 Å². The first-order chi connectivity index (χ1) is 12.0. The quantitative estimate of drug-likeness (QED) is 0.771. The number of nitrogens with one attached hydrogen (secondary N) is 1. The second kappa shape index (κ2) is 7.21. The molecule has 0 aliphatic carbocycles. The number of anilines is 1. The molecule has 1 aromatic heterocycles. The molecule has 1 heterocycles. The number of aromatic nitrogens is 2. The van der Waals surface area contributed by atoms with Gasteiger partial charge in [0.1, 0.15) is 5.75 Å². The minimum absolute atomic E-state index is 0.226. The molecule has 25 heavy (non-hydrogen) atoms. The van der Waals surface area contributed by atoms with E-state index >= 15 is 0 Å². The Morgan fingerprint density at radius 3 is 2.40 bits per heavy atom. The zero-order valence-electron chi connectivity index (χ0n) is 14.6. The highest BCUT2D eigenvalue weighted by atomic mass is 16.5. The van der Waals surface area contributed by atoms with Crippen LogP contribution in [-0.2, 0) is 6.54 Å². The fourth-order valence-corrected chi connectivity index (χ4v) is 2.52. The molecule has 0 saturated carbocycles. The number of nitrogens with zero attached hydrogens (tertiary/aromatic N) is 2. The van der Waals surface area contributed by atoms with Crippen molar-refractivity contribution in [1.82, 2.24) is 9.78 Å². The van der Waals surface area contributed by atoms with Crippen molar-refractivity contribution in [2.24, 2.45) is 0 Å². The molecule has 1 N–H and O–H groups in total. The number of carbonyl (C=O) groups is 1. The fraction of sp³-hybridized carbons (Fsp3) is 0.200. The predicted octanol–water partition coefficient (Wildman–Crippen LogP) is 3.81. The Balaban J connectivity index is 1.71. The van der Waals surface area contributed by atoms with Crippen LogP contribution in [0.25, 0.3) is 0 Å². The van der Waals surface area contributed by atoms with Gasteiger partial charge in [-0.2, -0.15) is 5.10 Å². The van der Waals surface area contributed by atoms with Gasteiger partial charge < -0.3 is 10.1 Å². The molecular formula is C20H21N3O2. The van der Waals surface area contributed by atoms with Crippen molar-refractivity contribution >= 4 is 11.6 Å². The standard InChI is InChI=1S/C20H21N3O2/c1-14-4-6-16(7-5-14)13-23-15(2)12-19(22-23)20(24)21-17-8-10-18(25-3)11-9-17/h4-12H,13H2,1-3H3,(H,21,24). The number of ether oxygens (including phenoxy) is 1. The summed E-state index contributed by atoms with van der Waals surface area (Å²) in [5, 5.41) is 7.29. The predicted molar refractivity (Wildman–Crippen MR) is 98.2 cm³/mol. The van der Waals surface area contributed by atoms with Crippen LogP contribution < -0.4 is 10.1 Å². The summed E-state index contributed by atoms with van der Waals surface area (Å²) in [6.07, 6.45) is 0. The summed E-state index contributed by atoms with van der Waals surface area (Å²) in [6.45, 7) is 4.65. The van der Waals surface area contributed by atoms with Gasteiger partial charge in [0.05, 0.1) is 13.7 Å². The van der Waals surface area contributed by atoms with E-state index in [1.807, 2.05) is 11.6 Å². The summed E-state index contributed by atoms with van der Waals surface area (Å²) in [5.74, 6) is 0.521. The Kier molecular flexibility index (Phi) is 4.84. The number of carbonyl (C=O) groups excluding carboxylic acids is 1. The van der Waals surface area contributed by atoms with Crippen LogP contribution in [0.3, 0.4) is 0 Å². The van der Waals surface area contributed by atoms with E-state index < -0.39 is 0 Å². The topological polar surface area (TPSA) is 56.1 Å². The van der Waals surface area contributed by atoms with Gasteiger partial charge in [-0.25, -0.2) is 0 Å². The van der Waals surface area contributed by atoms with Crippen molar-refractivity contribution in [3.05, 3.63) is 77.1 Å². The van der Waals surface area contributed by atoms with Gasteiger partial charge in [-0.3, -0.25) is 9.48 Å². The lowest BCUT2D eigenvalue weighted by Crippen LogP contribution is -2.13. The third-order valence-electron chi connectivity index (χ3n) is 4.01. The second-order valence-corrected chi connectivity index (χ2v) is 6.00. The zero-order chi connectivity index (χ0) is 17.8. The Hall–Kier alpha value is -3.08. The molecule has 5 heteroatoms. The molecule has 0 radical (unpaired) electrons. The molecule has 5 nitrogen and oxygen atoms in total. The van der Waals surface area contributed by atoms with Gasteiger partial charge >= 0.3 is 0 Å². The van der Waals surface area contributed by atoms with Crippen molar-refractivity contribution in [2.75, 3.05) is 12.4 Å². The highest BCUT2D eigenvalue weighted by Crippen LogP contribution is 2.16. The van der Waals surface area contributed by atoms with Gasteiger partial charge in [-0.1, -0.05) is 29.8 Å². The summed E-state index contributed by atoms with van der Waals surface area (Å²) < 4.78 is 6.95. The SMILES string of the molecule is COc1ccc(NC(=O)c2cc(C)n(Cc3ccc(C)cc3)n2)cc1. The molecule has 0 unspecified atom stereocenters. The molecule has 0 spiro atoms. The number of hydrogen-bond acceptors (Lipinski definition) is 3. The lowest BCUT2D eigenvalue weighted by Gasteiger charge is -2.06. The normalized spacial score (nSPS) is 10.5. The Morgan fingerprint density at radius 2 is 1.76 bits per heavy atom. The van der Waals surface area contributed by atoms with Crippen molar-refractivity contribution in [1.29, 1.82) is 0 Å². The van der Waals surface area contributed by atoms with Gasteiger partial charge in [0.25, 0.3) is 5.91 Å². The monoisotopic (exact) mass is 335 g/mol. The van der Waals surface area contributed by atoms with Crippen LogP contribution >= 0.6 is 0 Å². The van der Waals surface area contributed by atoms with E-state index in [1.54, 1.807) is 37.4 Å². The molecule has 0 aliphatic heterocycles. The number of amides is 1. The van der Waals surface area contributed by atoms with Crippen LogP contribution in [0.2, 0.25) is 0 Å². The van der Waals surface area contributed by atoms with Crippen molar-refractivity contribution in [3.8, 4) is 5.75 Å². The highest BCUT2D eigenvalue weighted by molar-refractivity contribution is 6.02. The van der Waals surface area contributed by atoms with Gasteiger partial charge in [-0.05, 0) is 49.7 Å². The first-order valence-corrected chi connectivity index (χ1v) is 8.10. The average molecular weight is 335 g/mol. The molecule has 0 fully saturated rings. The van der Waals surface area contributed by atoms with Crippen LogP contribution in [0.4, 0.5) is 5.69 Å². The van der Waals surface area contributed by atoms with E-state index in [9.17, 15) is 4.79 Å². The largest absolute Gasteiger partial charge is 0.497 e. The van der Waals surface area contributed by atoms with Crippen molar-refractivity contribution in [3.63, 3.8) is 0 Å². The summed E-state index contributed by atoms with van der Waals surface area (Å²) in [4.78, 5) is 12.4. The zero-order valence-corrected chi connectivity index (χ0v) is 14.6. The molecule has 2 aromatic carbocycles. The van der Waals surface area contributed by atoms with E-state index in [0.29, 0.717) is 17.9 Å². The highest BCUT2D eigenvalue weighted by Gasteiger charge is 2.13. The van der Waals surface area contributed by atoms with Gasteiger partial charge in [0.15, 0.2) is 5.69 Å². The first kappa shape index (κ1) is 16.8. The first-order valence-electron chi connectivity index (χ1n) is 8.10. The van der Waals surface area contributed by atoms with E-state index in [4.69, 9.17) is 4.74 Å². The molecule has 0 atom stereocenters. The van der Waals surface area contributed by atoms with Crippen LogP contribution in [0.15, 0.2) is 54.6 Å². The van der Waals surface area contributed by atoms with Crippen LogP contribution in [-0.4, -0.2) is 22.8 Å². The minimum Gasteiger partial charge on any atom is -0.497 e. The third-order valence-corrected chi connectivity index (χ3v) is 4.01. The molecule has 3 aromatic rings. The van der Waals surface area contributed by atoms with Gasteiger partial charge in [0, 0.05) is 11.4 Å². The second-order valence-electron chi connectivity index (χ2n) is 6.00. The third kappa shape index (κ3) is 4.07. The molecule has 128 valence electrons. The fourth-order valence-electron chi connectivity index (χ4n) is 2.52. The Bertz CT molecular complexity index is 865. The van der Waals surface area contributed by atoms with E-state index in [1.165, 1.54) is 5.56 Å². The maximum atomic E-state index is 12.4. The number of benzene rings is 2. The number of aryl methyl sites for hydroxylation is 2. The van der Waals surface area contributed by atoms with Crippen molar-refractivity contribution < 1.29 is 9.53 Å². The Labute approximate surface area is 147 Å². The maximum absolute atomic E-state index is 12.4. The number of methoxy groups -OCH3 is 1. The number of rotatable bonds is 5. The Morgan fingerprint density at radius 1 is 1.08 bits per heavy atom. The number of hydrogen-bond donors (Lipinski definition) is 1. The molecule has 3 rings (SSSR count). The molecule has 1 amide bonds. The molecule has 0 aliphatic rings. The van der Waals surface area contributed by atoms with Crippen LogP contribution in [0.5, 0.6) is 5.75 Å². The van der Waals surface area contributed by atoms with Gasteiger partial charge in [0.2, 0.25) is 0 Å². The summed E-state index contributed by atoms with van der Waals surface area (Å²) in [6, 6.07) is 17.3. The average Bonchev–Trinajstić information content (AvgIpc) is 2.98. The lowest BCUT2D eigenvalue weighted by atomic mass is 10.1. The summed E-state index contributed by atoms with van der Waals surface area (Å²) in [7, 11) is 1.61. The molecule has 0 bridgehead atoms. The molecular weight excluding hydrogens is 314 g/mol. The smallest absolute Gasteiger partial charge is 0.276 e. The minimum atomic E-state index is -0.226. The lowest BCUT2D eigenvalue weighted by molar-refractivity contribution is 0.102. The van der Waals surface area contributed by atoms with Crippen molar-refractivity contribution in [2.45, 2.75) is 20.4 Å². The van der Waals surface area contributed by atoms with E-state index in [-0.39, 0.29) is 5.91 Å². The molecule has 0 saturated heterocycles. The van der Waals surface area contributed by atoms with Gasteiger partial charge in [-0.15, -0.1) is 0 Å². The maximum Gasteiger partial charge on any atom is 0.276 e. The van der Waals surface area contributed by atoms with E-state index in [2.05, 4.69) is 41.6 Å². The van der Waals surface area contributed by atoms with E-state index in [0.717, 1.165) is 17.0 Å². The summed E-state index contributed by atoms with van der Waals surface area (Å²) in [5.41, 5.74) is 4.43. The van der Waals surface area contributed by atoms with Crippen LogP contribution in [0, 0.1) is 13.8 Å². The summed E-state index contributed by atoms with van der Waals surface area (Å²) >= 11 is 0.